The van der Waals surface area contributed by atoms with Crippen LogP contribution in [0.25, 0.3) is 0 Å². The molecule has 0 spiro atoms. The fraction of sp³-hybridized carbons (Fsp3) is 0.500. The van der Waals surface area contributed by atoms with Gasteiger partial charge >= 0.3 is 0 Å². The van der Waals surface area contributed by atoms with Gasteiger partial charge in [0.15, 0.2) is 0 Å². The van der Waals surface area contributed by atoms with Gasteiger partial charge in [-0.1, -0.05) is 24.6 Å². The van der Waals surface area contributed by atoms with Crippen LogP contribution in [0.1, 0.15) is 49.7 Å². The van der Waals surface area contributed by atoms with E-state index in [1.54, 1.807) is 6.07 Å². The molecule has 18 heavy (non-hydrogen) atoms. The fourth-order valence-corrected chi connectivity index (χ4v) is 3.36. The molecule has 0 fully saturated rings. The molecule has 1 aromatic carbocycles. The van der Waals surface area contributed by atoms with Gasteiger partial charge in [-0.25, -0.2) is 4.39 Å². The Balaban J connectivity index is 2.03. The average molecular weight is 246 g/mol. The molecule has 3 rings (SSSR count). The van der Waals surface area contributed by atoms with Gasteiger partial charge in [0.05, 0.1) is 0 Å². The van der Waals surface area contributed by atoms with Crippen molar-refractivity contribution in [3.8, 4) is 0 Å². The highest BCUT2D eigenvalue weighted by atomic mass is 19.1. The van der Waals surface area contributed by atoms with E-state index in [2.05, 4.69) is 6.08 Å². The Bertz CT molecular complexity index is 492. The maximum Gasteiger partial charge on any atom is 0.126 e. The Morgan fingerprint density at radius 2 is 2.00 bits per heavy atom. The molecule has 0 bridgehead atoms. The van der Waals surface area contributed by atoms with Crippen LogP contribution in [0.15, 0.2) is 29.8 Å². The van der Waals surface area contributed by atoms with Crippen molar-refractivity contribution in [3.05, 3.63) is 46.8 Å². The van der Waals surface area contributed by atoms with Crippen molar-refractivity contribution in [2.24, 2.45) is 0 Å². The highest BCUT2D eigenvalue weighted by molar-refractivity contribution is 5.44. The maximum atomic E-state index is 13.8. The van der Waals surface area contributed by atoms with Crippen molar-refractivity contribution in [3.63, 3.8) is 0 Å². The average Bonchev–Trinajstić information content (AvgIpc) is 2.57. The van der Waals surface area contributed by atoms with Crippen LogP contribution in [-0.4, -0.2) is 5.11 Å². The van der Waals surface area contributed by atoms with E-state index in [0.29, 0.717) is 18.4 Å². The third-order valence-electron chi connectivity index (χ3n) is 4.37. The first-order valence-corrected chi connectivity index (χ1v) is 6.91. The summed E-state index contributed by atoms with van der Waals surface area (Å²) < 4.78 is 13.8. The summed E-state index contributed by atoms with van der Waals surface area (Å²) in [5, 5.41) is 11.0. The van der Waals surface area contributed by atoms with Gasteiger partial charge in [0.2, 0.25) is 0 Å². The molecule has 0 aromatic heterocycles. The van der Waals surface area contributed by atoms with Crippen LogP contribution >= 0.6 is 0 Å². The number of allylic oxidation sites excluding steroid dienone is 1. The number of aliphatic hydroxyl groups is 1. The monoisotopic (exact) mass is 246 g/mol. The lowest BCUT2D eigenvalue weighted by Crippen LogP contribution is -2.25. The summed E-state index contributed by atoms with van der Waals surface area (Å²) in [6.45, 7) is 0. The van der Waals surface area contributed by atoms with E-state index in [1.807, 2.05) is 6.07 Å². The molecule has 1 atom stereocenters. The molecule has 0 radical (unpaired) electrons. The van der Waals surface area contributed by atoms with Crippen LogP contribution in [0.5, 0.6) is 0 Å². The Morgan fingerprint density at radius 3 is 2.89 bits per heavy atom. The molecular formula is C16H19FO. The molecular weight excluding hydrogens is 227 g/mol. The predicted molar refractivity (Wildman–Crippen MR) is 69.8 cm³/mol. The lowest BCUT2D eigenvalue weighted by atomic mass is 9.85. The van der Waals surface area contributed by atoms with E-state index in [-0.39, 0.29) is 5.82 Å². The molecule has 1 unspecified atom stereocenters. The van der Waals surface area contributed by atoms with Crippen LogP contribution in [0.3, 0.4) is 0 Å². The Labute approximate surface area is 107 Å². The van der Waals surface area contributed by atoms with Gasteiger partial charge in [-0.05, 0) is 61.3 Å². The summed E-state index contributed by atoms with van der Waals surface area (Å²) in [5.41, 5.74) is 1.73. The normalized spacial score (nSPS) is 27.6. The highest BCUT2D eigenvalue weighted by Crippen LogP contribution is 2.45. The maximum absolute atomic E-state index is 13.8. The largest absolute Gasteiger partial charge is 0.381 e. The quantitative estimate of drug-likeness (QED) is 0.746. The second-order valence-corrected chi connectivity index (χ2v) is 5.45. The van der Waals surface area contributed by atoms with Crippen LogP contribution < -0.4 is 0 Å². The molecule has 96 valence electrons. The molecule has 1 aromatic rings. The van der Waals surface area contributed by atoms with Gasteiger partial charge in [-0.2, -0.15) is 0 Å². The van der Waals surface area contributed by atoms with Crippen molar-refractivity contribution < 1.29 is 9.50 Å². The van der Waals surface area contributed by atoms with Gasteiger partial charge in [0, 0.05) is 0 Å². The van der Waals surface area contributed by atoms with Gasteiger partial charge in [0.25, 0.3) is 0 Å². The number of fused-ring (bicyclic) bond motifs is 1. The predicted octanol–water partition coefficient (Wildman–Crippen LogP) is 3.85. The third-order valence-corrected chi connectivity index (χ3v) is 4.37. The Kier molecular flexibility index (Phi) is 2.98. The molecule has 0 saturated heterocycles. The first-order chi connectivity index (χ1) is 8.72. The zero-order valence-electron chi connectivity index (χ0n) is 10.6. The third kappa shape index (κ3) is 1.79. The zero-order chi connectivity index (χ0) is 12.6. The molecule has 0 saturated carbocycles. The summed E-state index contributed by atoms with van der Waals surface area (Å²) in [6, 6.07) is 5.09. The van der Waals surface area contributed by atoms with Crippen LogP contribution in [0.4, 0.5) is 4.39 Å². The van der Waals surface area contributed by atoms with Crippen molar-refractivity contribution >= 4 is 0 Å². The van der Waals surface area contributed by atoms with E-state index in [9.17, 15) is 9.50 Å². The Morgan fingerprint density at radius 1 is 1.11 bits per heavy atom. The zero-order valence-corrected chi connectivity index (χ0v) is 10.6. The van der Waals surface area contributed by atoms with Gasteiger partial charge < -0.3 is 5.11 Å². The van der Waals surface area contributed by atoms with E-state index in [0.717, 1.165) is 30.4 Å². The Hall–Kier alpha value is -1.15. The van der Waals surface area contributed by atoms with E-state index in [4.69, 9.17) is 0 Å². The molecule has 1 nitrogen and oxygen atoms in total. The summed E-state index contributed by atoms with van der Waals surface area (Å²) in [6.07, 6.45) is 9.03. The van der Waals surface area contributed by atoms with Gasteiger partial charge in [0.1, 0.15) is 11.4 Å². The van der Waals surface area contributed by atoms with E-state index in [1.165, 1.54) is 18.9 Å². The standard InChI is InChI=1S/C16H19FO/c17-15-9-5-8-14-13(15)10-11-16(14,18)12-6-3-1-2-4-7-12/h5-6,8-9,18H,1-4,7,10-11H2. The van der Waals surface area contributed by atoms with Gasteiger partial charge in [-0.15, -0.1) is 0 Å². The lowest BCUT2D eigenvalue weighted by Gasteiger charge is -2.27. The molecule has 0 amide bonds. The van der Waals surface area contributed by atoms with Crippen molar-refractivity contribution in [2.45, 2.75) is 50.5 Å². The molecule has 0 aliphatic heterocycles. The number of hydrogen-bond acceptors (Lipinski definition) is 1. The summed E-state index contributed by atoms with van der Waals surface area (Å²) >= 11 is 0. The number of rotatable bonds is 1. The minimum Gasteiger partial charge on any atom is -0.381 e. The first-order valence-electron chi connectivity index (χ1n) is 6.91. The summed E-state index contributed by atoms with van der Waals surface area (Å²) in [7, 11) is 0. The van der Waals surface area contributed by atoms with Crippen LogP contribution in [-0.2, 0) is 12.0 Å². The van der Waals surface area contributed by atoms with Crippen LogP contribution in [0.2, 0.25) is 0 Å². The highest BCUT2D eigenvalue weighted by Gasteiger charge is 2.40. The number of halogens is 1. The van der Waals surface area contributed by atoms with Crippen molar-refractivity contribution in [1.29, 1.82) is 0 Å². The molecule has 1 N–H and O–H groups in total. The SMILES string of the molecule is OC1(C2=CCCCCC2)CCc2c(F)cccc21. The van der Waals surface area contributed by atoms with Crippen LogP contribution in [0, 0.1) is 5.82 Å². The van der Waals surface area contributed by atoms with Crippen molar-refractivity contribution in [2.75, 3.05) is 0 Å². The number of benzene rings is 1. The molecule has 2 aliphatic rings. The second kappa shape index (κ2) is 4.51. The first kappa shape index (κ1) is 11.9. The summed E-state index contributed by atoms with van der Waals surface area (Å²) in [5.74, 6) is -0.169. The molecule has 2 heteroatoms. The van der Waals surface area contributed by atoms with Gasteiger partial charge in [-0.3, -0.25) is 0 Å². The molecule has 2 aliphatic carbocycles. The smallest absolute Gasteiger partial charge is 0.126 e. The topological polar surface area (TPSA) is 20.2 Å². The minimum absolute atomic E-state index is 0.169. The number of hydrogen-bond donors (Lipinski definition) is 1. The minimum atomic E-state index is -0.901. The summed E-state index contributed by atoms with van der Waals surface area (Å²) in [4.78, 5) is 0. The van der Waals surface area contributed by atoms with E-state index < -0.39 is 5.60 Å². The lowest BCUT2D eigenvalue weighted by molar-refractivity contribution is 0.0742. The fourth-order valence-electron chi connectivity index (χ4n) is 3.36. The molecule has 0 heterocycles. The second-order valence-electron chi connectivity index (χ2n) is 5.45. The van der Waals surface area contributed by atoms with E-state index >= 15 is 0 Å². The van der Waals surface area contributed by atoms with Crippen molar-refractivity contribution in [1.82, 2.24) is 0 Å².